The summed E-state index contributed by atoms with van der Waals surface area (Å²) in [6.45, 7) is 6.00. The zero-order chi connectivity index (χ0) is 18.0. The van der Waals surface area contributed by atoms with Crippen LogP contribution in [-0.2, 0) is 4.79 Å². The van der Waals surface area contributed by atoms with Crippen molar-refractivity contribution in [1.82, 2.24) is 20.0 Å². The predicted molar refractivity (Wildman–Crippen MR) is 96.8 cm³/mol. The number of urea groups is 1. The third-order valence-corrected chi connectivity index (χ3v) is 4.56. The van der Waals surface area contributed by atoms with Crippen molar-refractivity contribution < 1.29 is 9.59 Å². The number of nitrogens with zero attached hydrogens (tertiary/aromatic N) is 3. The molecule has 132 valence electrons. The molecule has 2 aliphatic rings. The van der Waals surface area contributed by atoms with Crippen LogP contribution in [-0.4, -0.2) is 66.9 Å². The summed E-state index contributed by atoms with van der Waals surface area (Å²) in [6, 6.07) is 9.05. The van der Waals surface area contributed by atoms with Gasteiger partial charge in [0.2, 0.25) is 0 Å². The predicted octanol–water partition coefficient (Wildman–Crippen LogP) is 1.60. The van der Waals surface area contributed by atoms with Crippen LogP contribution in [0.4, 0.5) is 4.79 Å². The second kappa shape index (κ2) is 7.11. The molecule has 6 heteroatoms. The number of carbonyl (C=O) groups excluding carboxylic acids is 2. The first-order valence-corrected chi connectivity index (χ1v) is 8.44. The molecule has 1 aromatic rings. The van der Waals surface area contributed by atoms with Gasteiger partial charge in [-0.15, -0.1) is 6.58 Å². The molecule has 0 radical (unpaired) electrons. The average Bonchev–Trinajstić information content (AvgIpc) is 2.93. The highest BCUT2D eigenvalue weighted by Crippen LogP contribution is 2.35. The number of hydrogen-bond acceptors (Lipinski definition) is 3. The minimum absolute atomic E-state index is 0.000217. The molecule has 0 aliphatic carbocycles. The minimum atomic E-state index is -0.401. The maximum absolute atomic E-state index is 13.0. The lowest BCUT2D eigenvalue weighted by Crippen LogP contribution is -2.47. The van der Waals surface area contributed by atoms with E-state index in [0.717, 1.165) is 17.8 Å². The van der Waals surface area contributed by atoms with Crippen LogP contribution in [0.2, 0.25) is 0 Å². The quantitative estimate of drug-likeness (QED) is 0.800. The van der Waals surface area contributed by atoms with E-state index < -0.39 is 6.04 Å². The maximum Gasteiger partial charge on any atom is 0.322 e. The highest BCUT2D eigenvalue weighted by atomic mass is 16.2. The first-order chi connectivity index (χ1) is 12.0. The number of hydrogen-bond donors (Lipinski definition) is 1. The van der Waals surface area contributed by atoms with Crippen LogP contribution in [0.25, 0.3) is 0 Å². The summed E-state index contributed by atoms with van der Waals surface area (Å²) < 4.78 is 0. The van der Waals surface area contributed by atoms with Gasteiger partial charge in [-0.1, -0.05) is 36.4 Å². The van der Waals surface area contributed by atoms with E-state index in [0.29, 0.717) is 25.2 Å². The molecule has 2 heterocycles. The Hall–Kier alpha value is -2.60. The molecule has 1 atom stereocenters. The summed E-state index contributed by atoms with van der Waals surface area (Å²) in [4.78, 5) is 31.1. The van der Waals surface area contributed by atoms with Gasteiger partial charge in [0.1, 0.15) is 0 Å². The second-order valence-corrected chi connectivity index (χ2v) is 6.58. The Bertz CT molecular complexity index is 711. The van der Waals surface area contributed by atoms with E-state index in [1.165, 1.54) is 0 Å². The number of rotatable bonds is 6. The van der Waals surface area contributed by atoms with E-state index in [2.05, 4.69) is 11.9 Å². The van der Waals surface area contributed by atoms with Gasteiger partial charge in [-0.3, -0.25) is 9.69 Å². The number of carbonyl (C=O) groups is 2. The lowest BCUT2D eigenvalue weighted by atomic mass is 9.95. The van der Waals surface area contributed by atoms with Crippen LogP contribution in [0.15, 0.2) is 54.3 Å². The fraction of sp³-hybridized carbons (Fsp3) is 0.368. The van der Waals surface area contributed by atoms with Gasteiger partial charge in [0.25, 0.3) is 5.91 Å². The molecular formula is C19H24N4O2. The first-order valence-electron chi connectivity index (χ1n) is 8.44. The van der Waals surface area contributed by atoms with Crippen molar-refractivity contribution in [3.63, 3.8) is 0 Å². The molecular weight excluding hydrogens is 316 g/mol. The van der Waals surface area contributed by atoms with Gasteiger partial charge < -0.3 is 15.1 Å². The molecule has 0 bridgehead atoms. The van der Waals surface area contributed by atoms with Crippen molar-refractivity contribution in [2.45, 2.75) is 6.04 Å². The number of benzene rings is 1. The lowest BCUT2D eigenvalue weighted by molar-refractivity contribution is -0.125. The van der Waals surface area contributed by atoms with Crippen LogP contribution < -0.4 is 5.32 Å². The van der Waals surface area contributed by atoms with Crippen LogP contribution in [0.3, 0.4) is 0 Å². The van der Waals surface area contributed by atoms with E-state index in [1.807, 2.05) is 54.2 Å². The van der Waals surface area contributed by atoms with Crippen LogP contribution >= 0.6 is 0 Å². The van der Waals surface area contributed by atoms with Gasteiger partial charge in [0.05, 0.1) is 23.9 Å². The van der Waals surface area contributed by atoms with Crippen LogP contribution in [0.1, 0.15) is 11.6 Å². The Morgan fingerprint density at radius 2 is 2.00 bits per heavy atom. The fourth-order valence-electron chi connectivity index (χ4n) is 3.27. The van der Waals surface area contributed by atoms with E-state index in [4.69, 9.17) is 0 Å². The normalized spacial score (nSPS) is 20.2. The summed E-state index contributed by atoms with van der Waals surface area (Å²) in [6.07, 6.45) is 1.68. The van der Waals surface area contributed by atoms with Crippen molar-refractivity contribution in [2.75, 3.05) is 40.3 Å². The van der Waals surface area contributed by atoms with Crippen molar-refractivity contribution in [2.24, 2.45) is 0 Å². The smallest absolute Gasteiger partial charge is 0.322 e. The summed E-state index contributed by atoms with van der Waals surface area (Å²) in [7, 11) is 3.96. The van der Waals surface area contributed by atoms with E-state index in [9.17, 15) is 9.59 Å². The Kier molecular flexibility index (Phi) is 4.90. The summed E-state index contributed by atoms with van der Waals surface area (Å²) in [5.74, 6) is -0.000217. The SMILES string of the molecule is C=CCN1C(=O)NC(c2ccccc2)C2=C1CN(CCN(C)C)C2=O. The molecule has 0 saturated carbocycles. The average molecular weight is 340 g/mol. The largest absolute Gasteiger partial charge is 0.332 e. The van der Waals surface area contributed by atoms with Crippen molar-refractivity contribution in [3.05, 3.63) is 59.8 Å². The standard InChI is InChI=1S/C19H24N4O2/c1-4-10-23-15-13-22(12-11-21(2)3)18(24)16(15)17(20-19(23)25)14-8-6-5-7-9-14/h4-9,17H,1,10-13H2,2-3H3,(H,20,25). The third kappa shape index (κ3) is 3.30. The highest BCUT2D eigenvalue weighted by Gasteiger charge is 2.43. The second-order valence-electron chi connectivity index (χ2n) is 6.58. The van der Waals surface area contributed by atoms with Gasteiger partial charge in [0.15, 0.2) is 0 Å². The topological polar surface area (TPSA) is 55.9 Å². The fourth-order valence-corrected chi connectivity index (χ4v) is 3.27. The molecule has 0 aromatic heterocycles. The Morgan fingerprint density at radius 3 is 2.64 bits per heavy atom. The molecule has 1 unspecified atom stereocenters. The Balaban J connectivity index is 1.96. The summed E-state index contributed by atoms with van der Waals surface area (Å²) in [5, 5.41) is 2.98. The Morgan fingerprint density at radius 1 is 1.28 bits per heavy atom. The minimum Gasteiger partial charge on any atom is -0.332 e. The van der Waals surface area contributed by atoms with Crippen molar-refractivity contribution in [3.8, 4) is 0 Å². The summed E-state index contributed by atoms with van der Waals surface area (Å²) >= 11 is 0. The maximum atomic E-state index is 13.0. The molecule has 2 aliphatic heterocycles. The van der Waals surface area contributed by atoms with E-state index >= 15 is 0 Å². The Labute approximate surface area is 148 Å². The van der Waals surface area contributed by atoms with Gasteiger partial charge >= 0.3 is 6.03 Å². The summed E-state index contributed by atoms with van der Waals surface area (Å²) in [5.41, 5.74) is 2.39. The van der Waals surface area contributed by atoms with Gasteiger partial charge in [-0.25, -0.2) is 4.79 Å². The van der Waals surface area contributed by atoms with Crippen LogP contribution in [0, 0.1) is 0 Å². The lowest BCUT2D eigenvalue weighted by Gasteiger charge is -2.33. The number of nitrogens with one attached hydrogen (secondary N) is 1. The van der Waals surface area contributed by atoms with Crippen molar-refractivity contribution in [1.29, 1.82) is 0 Å². The molecule has 1 N–H and O–H groups in total. The molecule has 25 heavy (non-hydrogen) atoms. The highest BCUT2D eigenvalue weighted by molar-refractivity contribution is 6.01. The molecule has 6 nitrogen and oxygen atoms in total. The molecule has 0 saturated heterocycles. The number of amides is 3. The first kappa shape index (κ1) is 17.2. The molecule has 3 amide bonds. The molecule has 0 spiro atoms. The van der Waals surface area contributed by atoms with Crippen molar-refractivity contribution >= 4 is 11.9 Å². The zero-order valence-corrected chi connectivity index (χ0v) is 14.7. The van der Waals surface area contributed by atoms with Gasteiger partial charge in [-0.2, -0.15) is 0 Å². The van der Waals surface area contributed by atoms with E-state index in [1.54, 1.807) is 11.0 Å². The molecule has 0 fully saturated rings. The van der Waals surface area contributed by atoms with Gasteiger partial charge in [0, 0.05) is 19.6 Å². The zero-order valence-electron chi connectivity index (χ0n) is 14.7. The van der Waals surface area contributed by atoms with Gasteiger partial charge in [-0.05, 0) is 19.7 Å². The molecule has 3 rings (SSSR count). The van der Waals surface area contributed by atoms with E-state index in [-0.39, 0.29) is 11.9 Å². The third-order valence-electron chi connectivity index (χ3n) is 4.56. The monoisotopic (exact) mass is 340 g/mol. The number of likely N-dealkylation sites (N-methyl/N-ethyl adjacent to an activating group) is 1. The van der Waals surface area contributed by atoms with Crippen LogP contribution in [0.5, 0.6) is 0 Å². The molecule has 1 aromatic carbocycles.